The van der Waals surface area contributed by atoms with Crippen molar-refractivity contribution in [3.63, 3.8) is 0 Å². The van der Waals surface area contributed by atoms with Crippen molar-refractivity contribution in [3.05, 3.63) is 35.4 Å². The van der Waals surface area contributed by atoms with Gasteiger partial charge in [0.15, 0.2) is 5.16 Å². The molecule has 1 aromatic heterocycles. The minimum atomic E-state index is -0.522. The van der Waals surface area contributed by atoms with Crippen LogP contribution < -0.4 is 4.90 Å². The van der Waals surface area contributed by atoms with Crippen LogP contribution in [0.1, 0.15) is 6.42 Å². The number of hydrogen-bond acceptors (Lipinski definition) is 4. The van der Waals surface area contributed by atoms with Crippen LogP contribution in [-0.4, -0.2) is 32.5 Å². The molecular formula is C13H12ClFN4OS. The highest BCUT2D eigenvalue weighted by molar-refractivity contribution is 8.00. The first-order chi connectivity index (χ1) is 10.1. The van der Waals surface area contributed by atoms with E-state index in [4.69, 9.17) is 11.6 Å². The molecular weight excluding hydrogens is 315 g/mol. The molecule has 110 valence electrons. The Morgan fingerprint density at radius 2 is 2.29 bits per heavy atom. The largest absolute Gasteiger partial charge is 0.311 e. The summed E-state index contributed by atoms with van der Waals surface area (Å²) < 4.78 is 15.1. The molecule has 1 atom stereocenters. The number of thioether (sulfide) groups is 1. The molecule has 1 aromatic carbocycles. The summed E-state index contributed by atoms with van der Waals surface area (Å²) >= 11 is 7.04. The van der Waals surface area contributed by atoms with Crippen molar-refractivity contribution >= 4 is 35.0 Å². The van der Waals surface area contributed by atoms with E-state index in [0.717, 1.165) is 0 Å². The molecule has 5 nitrogen and oxygen atoms in total. The zero-order chi connectivity index (χ0) is 15.0. The molecule has 3 rings (SSSR count). The lowest BCUT2D eigenvalue weighted by Gasteiger charge is -2.16. The molecule has 0 radical (unpaired) electrons. The molecule has 1 saturated heterocycles. The van der Waals surface area contributed by atoms with Crippen molar-refractivity contribution in [3.8, 4) is 0 Å². The van der Waals surface area contributed by atoms with Gasteiger partial charge >= 0.3 is 0 Å². The smallest absolute Gasteiger partial charge is 0.240 e. The van der Waals surface area contributed by atoms with Gasteiger partial charge in [0.1, 0.15) is 12.1 Å². The summed E-state index contributed by atoms with van der Waals surface area (Å²) in [5.74, 6) is -0.573. The van der Waals surface area contributed by atoms with E-state index in [1.165, 1.54) is 30.2 Å². The van der Waals surface area contributed by atoms with Crippen LogP contribution in [0.4, 0.5) is 10.1 Å². The molecule has 1 amide bonds. The van der Waals surface area contributed by atoms with Crippen LogP contribution in [0.2, 0.25) is 5.02 Å². The number of aromatic nitrogens is 3. The number of rotatable bonds is 3. The van der Waals surface area contributed by atoms with E-state index in [1.807, 2.05) is 0 Å². The van der Waals surface area contributed by atoms with Gasteiger partial charge in [-0.05, 0) is 24.6 Å². The van der Waals surface area contributed by atoms with Gasteiger partial charge in [0.2, 0.25) is 5.91 Å². The molecule has 1 unspecified atom stereocenters. The second-order valence-corrected chi connectivity index (χ2v) is 6.23. The van der Waals surface area contributed by atoms with E-state index < -0.39 is 5.82 Å². The van der Waals surface area contributed by atoms with Crippen molar-refractivity contribution in [1.29, 1.82) is 0 Å². The zero-order valence-corrected chi connectivity index (χ0v) is 12.7. The van der Waals surface area contributed by atoms with Crippen LogP contribution >= 0.6 is 23.4 Å². The summed E-state index contributed by atoms with van der Waals surface area (Å²) in [7, 11) is 1.78. The van der Waals surface area contributed by atoms with Crippen molar-refractivity contribution in [2.24, 2.45) is 7.05 Å². The fraction of sp³-hybridized carbons (Fsp3) is 0.308. The third-order valence-electron chi connectivity index (χ3n) is 3.29. The van der Waals surface area contributed by atoms with E-state index >= 15 is 0 Å². The van der Waals surface area contributed by atoms with Crippen LogP contribution in [-0.2, 0) is 11.8 Å². The zero-order valence-electron chi connectivity index (χ0n) is 11.2. The van der Waals surface area contributed by atoms with E-state index in [-0.39, 0.29) is 16.2 Å². The number of anilines is 1. The highest BCUT2D eigenvalue weighted by atomic mass is 35.5. The maximum absolute atomic E-state index is 13.5. The average molecular weight is 327 g/mol. The van der Waals surface area contributed by atoms with E-state index in [2.05, 4.69) is 10.1 Å². The Morgan fingerprint density at radius 3 is 2.95 bits per heavy atom. The van der Waals surface area contributed by atoms with Gasteiger partial charge in [-0.25, -0.2) is 14.1 Å². The Morgan fingerprint density at radius 1 is 1.48 bits per heavy atom. The van der Waals surface area contributed by atoms with Crippen LogP contribution in [0.15, 0.2) is 29.7 Å². The van der Waals surface area contributed by atoms with Gasteiger partial charge in [0.05, 0.1) is 10.3 Å². The number of amides is 1. The van der Waals surface area contributed by atoms with Crippen molar-refractivity contribution in [1.82, 2.24) is 14.8 Å². The number of nitrogens with zero attached hydrogens (tertiary/aromatic N) is 4. The van der Waals surface area contributed by atoms with Gasteiger partial charge in [-0.3, -0.25) is 4.79 Å². The molecule has 1 aliphatic heterocycles. The number of hydrogen-bond donors (Lipinski definition) is 0. The molecule has 0 saturated carbocycles. The van der Waals surface area contributed by atoms with E-state index in [1.54, 1.807) is 22.7 Å². The van der Waals surface area contributed by atoms with Gasteiger partial charge < -0.3 is 4.90 Å². The predicted molar refractivity (Wildman–Crippen MR) is 79.0 cm³/mol. The average Bonchev–Trinajstić information content (AvgIpc) is 3.02. The van der Waals surface area contributed by atoms with E-state index in [0.29, 0.717) is 23.8 Å². The molecule has 2 aromatic rings. The van der Waals surface area contributed by atoms with Crippen LogP contribution in [0, 0.1) is 5.82 Å². The molecule has 2 heterocycles. The molecule has 0 aliphatic carbocycles. The van der Waals surface area contributed by atoms with Gasteiger partial charge in [-0.15, -0.1) is 0 Å². The Kier molecular flexibility index (Phi) is 3.86. The highest BCUT2D eigenvalue weighted by Gasteiger charge is 2.34. The van der Waals surface area contributed by atoms with Crippen LogP contribution in [0.25, 0.3) is 0 Å². The standard InChI is InChI=1S/C13H12ClFN4OS/c1-18-13(16-7-17-18)21-11-4-5-19(12(11)20)8-2-3-9(14)10(15)6-8/h2-3,6-7,11H,4-5H2,1H3. The SMILES string of the molecule is Cn1ncnc1SC1CCN(c2ccc(Cl)c(F)c2)C1=O. The maximum Gasteiger partial charge on any atom is 0.240 e. The third-order valence-corrected chi connectivity index (χ3v) is 4.90. The lowest BCUT2D eigenvalue weighted by atomic mass is 10.3. The number of carbonyl (C=O) groups is 1. The molecule has 0 spiro atoms. The summed E-state index contributed by atoms with van der Waals surface area (Å²) in [5.41, 5.74) is 0.531. The first-order valence-electron chi connectivity index (χ1n) is 6.33. The summed E-state index contributed by atoms with van der Waals surface area (Å²) in [4.78, 5) is 18.1. The Hall–Kier alpha value is -1.60. The molecule has 21 heavy (non-hydrogen) atoms. The van der Waals surface area contributed by atoms with Crippen molar-refractivity contribution in [2.45, 2.75) is 16.8 Å². The minimum absolute atomic E-state index is 0.0512. The Bertz CT molecular complexity index is 693. The molecule has 0 N–H and O–H groups in total. The predicted octanol–water partition coefficient (Wildman–Crippen LogP) is 2.51. The monoisotopic (exact) mass is 326 g/mol. The fourth-order valence-electron chi connectivity index (χ4n) is 2.19. The first kappa shape index (κ1) is 14.3. The minimum Gasteiger partial charge on any atom is -0.311 e. The second-order valence-electron chi connectivity index (χ2n) is 4.65. The number of carbonyl (C=O) groups excluding carboxylic acids is 1. The quantitative estimate of drug-likeness (QED) is 0.869. The maximum atomic E-state index is 13.5. The Labute approximate surface area is 130 Å². The van der Waals surface area contributed by atoms with Gasteiger partial charge in [-0.1, -0.05) is 23.4 Å². The number of aryl methyl sites for hydroxylation is 1. The molecule has 1 fully saturated rings. The molecule has 1 aliphatic rings. The van der Waals surface area contributed by atoms with Crippen LogP contribution in [0.5, 0.6) is 0 Å². The molecule has 0 bridgehead atoms. The summed E-state index contributed by atoms with van der Waals surface area (Å²) in [6.07, 6.45) is 2.13. The highest BCUT2D eigenvalue weighted by Crippen LogP contribution is 2.32. The summed E-state index contributed by atoms with van der Waals surface area (Å²) in [6.45, 7) is 0.551. The van der Waals surface area contributed by atoms with Gasteiger partial charge in [-0.2, -0.15) is 5.10 Å². The lowest BCUT2D eigenvalue weighted by Crippen LogP contribution is -2.28. The Balaban J connectivity index is 1.77. The second kappa shape index (κ2) is 5.65. The summed E-state index contributed by atoms with van der Waals surface area (Å²) in [5, 5.41) is 4.49. The third kappa shape index (κ3) is 2.75. The van der Waals surface area contributed by atoms with Crippen molar-refractivity contribution < 1.29 is 9.18 Å². The van der Waals surface area contributed by atoms with Crippen LogP contribution in [0.3, 0.4) is 0 Å². The number of halogens is 2. The van der Waals surface area contributed by atoms with Gasteiger partial charge in [0.25, 0.3) is 0 Å². The molecule has 8 heteroatoms. The lowest BCUT2D eigenvalue weighted by molar-refractivity contribution is -0.116. The number of benzene rings is 1. The summed E-state index contributed by atoms with van der Waals surface area (Å²) in [6, 6.07) is 4.40. The van der Waals surface area contributed by atoms with E-state index in [9.17, 15) is 9.18 Å². The van der Waals surface area contributed by atoms with Crippen molar-refractivity contribution in [2.75, 3.05) is 11.4 Å². The first-order valence-corrected chi connectivity index (χ1v) is 7.59. The normalized spacial score (nSPS) is 18.5. The topological polar surface area (TPSA) is 51.0 Å². The van der Waals surface area contributed by atoms with Gasteiger partial charge in [0, 0.05) is 19.3 Å². The fourth-order valence-corrected chi connectivity index (χ4v) is 3.32.